The Kier molecular flexibility index (Phi) is 7.82. The summed E-state index contributed by atoms with van der Waals surface area (Å²) in [7, 11) is 1.46. The Bertz CT molecular complexity index is 1700. The van der Waals surface area contributed by atoms with E-state index in [-0.39, 0.29) is 41.8 Å². The van der Waals surface area contributed by atoms with Crippen molar-refractivity contribution in [1.82, 2.24) is 15.0 Å². The van der Waals surface area contributed by atoms with E-state index in [2.05, 4.69) is 25.6 Å². The van der Waals surface area contributed by atoms with Crippen molar-refractivity contribution in [1.29, 1.82) is 0 Å². The van der Waals surface area contributed by atoms with Gasteiger partial charge < -0.3 is 19.5 Å². The fraction of sp³-hybridized carbons (Fsp3) is 0.120. The van der Waals surface area contributed by atoms with Gasteiger partial charge in [0, 0.05) is 17.8 Å². The molecule has 0 aliphatic rings. The van der Waals surface area contributed by atoms with Crippen LogP contribution in [0.3, 0.4) is 0 Å². The molecule has 0 aliphatic heterocycles. The molecule has 3 aromatic carbocycles. The van der Waals surface area contributed by atoms with Crippen LogP contribution in [0.4, 0.5) is 24.9 Å². The third-order valence-corrected chi connectivity index (χ3v) is 5.70. The number of aromatic nitrogens is 3. The van der Waals surface area contributed by atoms with Crippen molar-refractivity contribution >= 4 is 69.7 Å². The molecule has 0 radical (unpaired) electrons. The summed E-state index contributed by atoms with van der Waals surface area (Å²) in [6.45, 7) is 0.0995. The topological polar surface area (TPSA) is 122 Å². The van der Waals surface area contributed by atoms with Crippen molar-refractivity contribution in [3.8, 4) is 0 Å². The minimum absolute atomic E-state index is 0. The summed E-state index contributed by atoms with van der Waals surface area (Å²) in [4.78, 5) is 37.6. The summed E-state index contributed by atoms with van der Waals surface area (Å²) in [6, 6.07) is 11.8. The van der Waals surface area contributed by atoms with Crippen LogP contribution in [-0.2, 0) is 17.5 Å². The summed E-state index contributed by atoms with van der Waals surface area (Å²) in [5.74, 6) is -1.30. The molecule has 0 saturated heterocycles. The molecule has 0 fully saturated rings. The number of nitrogens with zero attached hydrogens (tertiary/aromatic N) is 2. The van der Waals surface area contributed by atoms with Gasteiger partial charge in [-0.25, -0.2) is 4.98 Å². The molecule has 5 rings (SSSR count). The Morgan fingerprint density at radius 1 is 1.03 bits per heavy atom. The van der Waals surface area contributed by atoms with E-state index in [0.29, 0.717) is 27.5 Å². The van der Waals surface area contributed by atoms with Gasteiger partial charge in [0.25, 0.3) is 11.8 Å². The second-order valence-electron chi connectivity index (χ2n) is 8.12. The lowest BCUT2D eigenvalue weighted by molar-refractivity contribution is -0.137. The van der Waals surface area contributed by atoms with Gasteiger partial charge in [-0.1, -0.05) is 23.7 Å². The quantitative estimate of drug-likeness (QED) is 0.212. The van der Waals surface area contributed by atoms with Crippen LogP contribution in [0.25, 0.3) is 22.1 Å². The smallest absolute Gasteiger partial charge is 0.417 e. The molecule has 39 heavy (non-hydrogen) atoms. The van der Waals surface area contributed by atoms with Gasteiger partial charge in [0.05, 0.1) is 22.2 Å². The first-order valence-electron chi connectivity index (χ1n) is 11.0. The monoisotopic (exact) mass is 579 g/mol. The van der Waals surface area contributed by atoms with Crippen LogP contribution in [0.5, 0.6) is 0 Å². The zero-order valence-corrected chi connectivity index (χ0v) is 21.4. The van der Waals surface area contributed by atoms with Gasteiger partial charge in [0.1, 0.15) is 23.5 Å². The lowest BCUT2D eigenvalue weighted by atomic mass is 10.1. The third-order valence-electron chi connectivity index (χ3n) is 5.47. The highest BCUT2D eigenvalue weighted by atomic mass is 35.5. The number of rotatable bonds is 6. The predicted molar refractivity (Wildman–Crippen MR) is 140 cm³/mol. The molecule has 0 aliphatic carbocycles. The van der Waals surface area contributed by atoms with Gasteiger partial charge >= 0.3 is 12.2 Å². The van der Waals surface area contributed by atoms with Crippen molar-refractivity contribution in [2.45, 2.75) is 12.8 Å². The molecule has 0 bridgehead atoms. The first kappa shape index (κ1) is 27.9. The largest absolute Gasteiger partial charge is 0.423 e. The fourth-order valence-corrected chi connectivity index (χ4v) is 4.03. The van der Waals surface area contributed by atoms with Crippen molar-refractivity contribution in [2.75, 3.05) is 17.7 Å². The van der Waals surface area contributed by atoms with E-state index in [9.17, 15) is 22.8 Å². The van der Waals surface area contributed by atoms with Crippen LogP contribution >= 0.6 is 24.0 Å². The van der Waals surface area contributed by atoms with Gasteiger partial charge in [-0.15, -0.1) is 12.4 Å². The Morgan fingerprint density at radius 3 is 2.51 bits per heavy atom. The SMILES string of the molecule is COCc1nc2c(C(=O)Nc3nc4cc(Cl)ccc4o3)cc(NC(=O)c3ccccc3C(F)(F)F)cc2[nH]1.Cl. The molecule has 202 valence electrons. The number of hydrogen-bond acceptors (Lipinski definition) is 6. The lowest BCUT2D eigenvalue weighted by Gasteiger charge is -2.13. The number of oxazole rings is 1. The number of hydrogen-bond donors (Lipinski definition) is 3. The van der Waals surface area contributed by atoms with E-state index in [4.69, 9.17) is 20.8 Å². The maximum Gasteiger partial charge on any atom is 0.417 e. The number of anilines is 2. The normalized spacial score (nSPS) is 11.4. The van der Waals surface area contributed by atoms with Crippen molar-refractivity contribution in [3.05, 3.63) is 82.1 Å². The van der Waals surface area contributed by atoms with Gasteiger partial charge in [-0.2, -0.15) is 18.2 Å². The Balaban J connectivity index is 0.00000353. The number of halogens is 5. The Hall–Kier alpha value is -4.13. The molecule has 9 nitrogen and oxygen atoms in total. The number of carbonyl (C=O) groups is 2. The van der Waals surface area contributed by atoms with E-state index in [1.165, 1.54) is 31.4 Å². The zero-order valence-electron chi connectivity index (χ0n) is 19.9. The third kappa shape index (κ3) is 5.82. The van der Waals surface area contributed by atoms with E-state index >= 15 is 0 Å². The average Bonchev–Trinajstić information content (AvgIpc) is 3.45. The minimum Gasteiger partial charge on any atom is -0.423 e. The maximum atomic E-state index is 13.4. The number of benzene rings is 3. The molecule has 14 heteroatoms. The summed E-state index contributed by atoms with van der Waals surface area (Å²) in [5.41, 5.74) is -0.207. The maximum absolute atomic E-state index is 13.4. The molecule has 2 aromatic heterocycles. The van der Waals surface area contributed by atoms with Crippen LogP contribution in [0.15, 0.2) is 59.0 Å². The number of imidazole rings is 1. The second-order valence-corrected chi connectivity index (χ2v) is 8.56. The molecular weight excluding hydrogens is 562 g/mol. The summed E-state index contributed by atoms with van der Waals surface area (Å²) >= 11 is 5.97. The van der Waals surface area contributed by atoms with E-state index < -0.39 is 29.1 Å². The Labute approximate surface area is 229 Å². The molecule has 0 saturated carbocycles. The number of carbonyl (C=O) groups excluding carboxylic acids is 2. The number of H-pyrrole nitrogens is 1. The fourth-order valence-electron chi connectivity index (χ4n) is 3.86. The number of fused-ring (bicyclic) bond motifs is 2. The zero-order chi connectivity index (χ0) is 27.0. The van der Waals surface area contributed by atoms with Crippen LogP contribution in [-0.4, -0.2) is 33.9 Å². The molecule has 5 aromatic rings. The van der Waals surface area contributed by atoms with Gasteiger partial charge in [0.2, 0.25) is 0 Å². The molecule has 2 amide bonds. The Morgan fingerprint density at radius 2 is 1.77 bits per heavy atom. The molecule has 0 atom stereocenters. The van der Waals surface area contributed by atoms with Gasteiger partial charge in [0.15, 0.2) is 5.58 Å². The number of alkyl halides is 3. The van der Waals surface area contributed by atoms with Crippen molar-refractivity contribution < 1.29 is 31.9 Å². The van der Waals surface area contributed by atoms with E-state index in [0.717, 1.165) is 12.1 Å². The van der Waals surface area contributed by atoms with Gasteiger partial charge in [-0.05, 0) is 42.5 Å². The molecule has 0 spiro atoms. The standard InChI is InChI=1S/C25H17ClF3N5O4.ClH/c1-37-11-20-31-18-10-13(30-22(35)14-4-2-3-5-16(14)25(27,28)29)9-15(21(18)33-20)23(36)34-24-32-17-8-12(26)6-7-19(17)38-24;/h2-10H,11H2,1H3,(H,30,35)(H,31,33)(H,32,34,36);1H. The lowest BCUT2D eigenvalue weighted by Crippen LogP contribution is -2.19. The highest BCUT2D eigenvalue weighted by Gasteiger charge is 2.35. The molecular formula is C25H18Cl2F3N5O4. The molecule has 2 heterocycles. The van der Waals surface area contributed by atoms with E-state index in [1.807, 2.05) is 0 Å². The van der Waals surface area contributed by atoms with Crippen LogP contribution in [0.2, 0.25) is 5.02 Å². The highest BCUT2D eigenvalue weighted by Crippen LogP contribution is 2.33. The van der Waals surface area contributed by atoms with Crippen LogP contribution in [0, 0.1) is 0 Å². The minimum atomic E-state index is -4.73. The summed E-state index contributed by atoms with van der Waals surface area (Å²) in [5, 5.41) is 5.41. The highest BCUT2D eigenvalue weighted by molar-refractivity contribution is 6.31. The van der Waals surface area contributed by atoms with Crippen LogP contribution in [0.1, 0.15) is 32.1 Å². The first-order valence-corrected chi connectivity index (χ1v) is 11.4. The predicted octanol–water partition coefficient (Wildman–Crippen LogP) is 6.45. The summed E-state index contributed by atoms with van der Waals surface area (Å²) < 4.78 is 50.9. The van der Waals surface area contributed by atoms with E-state index in [1.54, 1.807) is 18.2 Å². The molecule has 0 unspecified atom stereocenters. The number of nitrogens with one attached hydrogen (secondary N) is 3. The number of amides is 2. The van der Waals surface area contributed by atoms with Crippen LogP contribution < -0.4 is 10.6 Å². The first-order chi connectivity index (χ1) is 18.1. The van der Waals surface area contributed by atoms with Crippen molar-refractivity contribution in [2.24, 2.45) is 0 Å². The number of methoxy groups -OCH3 is 1. The number of aromatic amines is 1. The number of ether oxygens (including phenoxy) is 1. The molecule has 3 N–H and O–H groups in total. The van der Waals surface area contributed by atoms with Crippen molar-refractivity contribution in [3.63, 3.8) is 0 Å². The average molecular weight is 580 g/mol. The van der Waals surface area contributed by atoms with Gasteiger partial charge in [-0.3, -0.25) is 14.9 Å². The second kappa shape index (κ2) is 10.9. The summed E-state index contributed by atoms with van der Waals surface area (Å²) in [6.07, 6.45) is -4.73.